The van der Waals surface area contributed by atoms with Gasteiger partial charge in [-0.25, -0.2) is 4.79 Å². The second-order valence-electron chi connectivity index (χ2n) is 4.95. The molecule has 7 nitrogen and oxygen atoms in total. The second-order valence-corrected chi connectivity index (χ2v) is 4.95. The average Bonchev–Trinajstić information content (AvgIpc) is 3.02. The molecule has 1 aliphatic heterocycles. The summed E-state index contributed by atoms with van der Waals surface area (Å²) in [5.74, 6) is 1.26. The van der Waals surface area contributed by atoms with E-state index in [2.05, 4.69) is 10.1 Å². The molecule has 7 heteroatoms. The molecule has 23 heavy (non-hydrogen) atoms. The lowest BCUT2D eigenvalue weighted by Gasteiger charge is -2.01. The van der Waals surface area contributed by atoms with Gasteiger partial charge in [-0.3, -0.25) is 4.79 Å². The Morgan fingerprint density at radius 3 is 2.83 bits per heavy atom. The van der Waals surface area contributed by atoms with Gasteiger partial charge in [0.15, 0.2) is 11.5 Å². The zero-order chi connectivity index (χ0) is 15.8. The standard InChI is InChI=1S/C16H11N3O4/c20-15-11-3-1-2-4-12(11)18-16(21)19(15)17-8-10-5-6-13-14(7-10)23-9-22-13/h1-8H,9H2,(H,18,21). The average molecular weight is 309 g/mol. The van der Waals surface area contributed by atoms with Gasteiger partial charge >= 0.3 is 5.69 Å². The molecule has 1 aliphatic rings. The molecule has 0 saturated carbocycles. The number of aromatic nitrogens is 2. The third kappa shape index (κ3) is 2.28. The molecular weight excluding hydrogens is 298 g/mol. The topological polar surface area (TPSA) is 85.7 Å². The third-order valence-electron chi connectivity index (χ3n) is 3.50. The Morgan fingerprint density at radius 2 is 1.91 bits per heavy atom. The van der Waals surface area contributed by atoms with Crippen molar-refractivity contribution >= 4 is 17.1 Å². The van der Waals surface area contributed by atoms with Crippen molar-refractivity contribution in [3.63, 3.8) is 0 Å². The van der Waals surface area contributed by atoms with Crippen LogP contribution >= 0.6 is 0 Å². The first kappa shape index (κ1) is 13.3. The molecule has 0 atom stereocenters. The van der Waals surface area contributed by atoms with Crippen LogP contribution in [-0.4, -0.2) is 22.7 Å². The first-order chi connectivity index (χ1) is 11.2. The predicted octanol–water partition coefficient (Wildman–Crippen LogP) is 1.30. The molecule has 4 rings (SSSR count). The van der Waals surface area contributed by atoms with Crippen LogP contribution in [0.1, 0.15) is 5.56 Å². The highest BCUT2D eigenvalue weighted by atomic mass is 16.7. The van der Waals surface area contributed by atoms with Gasteiger partial charge in [-0.15, -0.1) is 4.68 Å². The number of para-hydroxylation sites is 1. The molecule has 0 spiro atoms. The highest BCUT2D eigenvalue weighted by molar-refractivity contribution is 5.81. The van der Waals surface area contributed by atoms with Crippen LogP contribution in [0.15, 0.2) is 57.2 Å². The van der Waals surface area contributed by atoms with E-state index in [0.29, 0.717) is 28.0 Å². The van der Waals surface area contributed by atoms with Crippen molar-refractivity contribution in [2.75, 3.05) is 6.79 Å². The van der Waals surface area contributed by atoms with E-state index in [-0.39, 0.29) is 6.79 Å². The zero-order valence-corrected chi connectivity index (χ0v) is 11.9. The van der Waals surface area contributed by atoms with Gasteiger partial charge in [0.2, 0.25) is 6.79 Å². The number of hydrogen-bond donors (Lipinski definition) is 1. The quantitative estimate of drug-likeness (QED) is 0.723. The summed E-state index contributed by atoms with van der Waals surface area (Å²) in [6.45, 7) is 0.180. The van der Waals surface area contributed by atoms with Gasteiger partial charge in [-0.05, 0) is 35.9 Å². The lowest BCUT2D eigenvalue weighted by Crippen LogP contribution is -2.32. The van der Waals surface area contributed by atoms with Gasteiger partial charge in [-0.1, -0.05) is 12.1 Å². The van der Waals surface area contributed by atoms with Gasteiger partial charge in [0.25, 0.3) is 5.56 Å². The number of aromatic amines is 1. The Balaban J connectivity index is 1.78. The predicted molar refractivity (Wildman–Crippen MR) is 84.4 cm³/mol. The molecule has 114 valence electrons. The maximum atomic E-state index is 12.3. The van der Waals surface area contributed by atoms with Crippen LogP contribution in [0.5, 0.6) is 11.5 Å². The second kappa shape index (κ2) is 5.13. The summed E-state index contributed by atoms with van der Waals surface area (Å²) in [6.07, 6.45) is 1.42. The van der Waals surface area contributed by atoms with Crippen LogP contribution in [-0.2, 0) is 0 Å². The lowest BCUT2D eigenvalue weighted by molar-refractivity contribution is 0.174. The molecule has 0 bridgehead atoms. The Hall–Kier alpha value is -3.35. The van der Waals surface area contributed by atoms with Crippen molar-refractivity contribution in [1.82, 2.24) is 9.66 Å². The third-order valence-corrected chi connectivity index (χ3v) is 3.50. The molecule has 1 N–H and O–H groups in total. The van der Waals surface area contributed by atoms with Crippen molar-refractivity contribution in [3.8, 4) is 11.5 Å². The fourth-order valence-corrected chi connectivity index (χ4v) is 2.38. The molecule has 0 amide bonds. The summed E-state index contributed by atoms with van der Waals surface area (Å²) in [6, 6.07) is 12.0. The molecule has 0 unspecified atom stereocenters. The van der Waals surface area contributed by atoms with E-state index < -0.39 is 11.2 Å². The number of fused-ring (bicyclic) bond motifs is 2. The van der Waals surface area contributed by atoms with Crippen LogP contribution < -0.4 is 20.7 Å². The normalized spacial score (nSPS) is 13.0. The molecule has 2 aromatic carbocycles. The van der Waals surface area contributed by atoms with E-state index >= 15 is 0 Å². The molecular formula is C16H11N3O4. The summed E-state index contributed by atoms with van der Waals surface area (Å²) in [5, 5.41) is 4.39. The minimum absolute atomic E-state index is 0.180. The fraction of sp³-hybridized carbons (Fsp3) is 0.0625. The number of hydrogen-bond acceptors (Lipinski definition) is 5. The number of rotatable bonds is 2. The number of benzene rings is 2. The fourth-order valence-electron chi connectivity index (χ4n) is 2.38. The molecule has 0 aliphatic carbocycles. The number of nitrogens with one attached hydrogen (secondary N) is 1. The Kier molecular flexibility index (Phi) is 2.97. The molecule has 0 fully saturated rings. The molecule has 0 radical (unpaired) electrons. The largest absolute Gasteiger partial charge is 0.454 e. The van der Waals surface area contributed by atoms with E-state index in [0.717, 1.165) is 4.68 Å². The van der Waals surface area contributed by atoms with E-state index in [4.69, 9.17) is 9.47 Å². The number of nitrogens with zero attached hydrogens (tertiary/aromatic N) is 2. The molecule has 1 aromatic heterocycles. The van der Waals surface area contributed by atoms with Crippen LogP contribution in [0.4, 0.5) is 0 Å². The van der Waals surface area contributed by atoms with Crippen LogP contribution in [0.3, 0.4) is 0 Å². The Morgan fingerprint density at radius 1 is 1.09 bits per heavy atom. The van der Waals surface area contributed by atoms with Crippen molar-refractivity contribution in [2.24, 2.45) is 5.10 Å². The van der Waals surface area contributed by atoms with Crippen molar-refractivity contribution in [1.29, 1.82) is 0 Å². The van der Waals surface area contributed by atoms with Gasteiger partial charge < -0.3 is 14.5 Å². The van der Waals surface area contributed by atoms with E-state index in [1.165, 1.54) is 6.21 Å². The van der Waals surface area contributed by atoms with Gasteiger partial charge in [0, 0.05) is 0 Å². The highest BCUT2D eigenvalue weighted by Gasteiger charge is 2.12. The summed E-state index contributed by atoms with van der Waals surface area (Å²) < 4.78 is 11.3. The minimum atomic E-state index is -0.592. The van der Waals surface area contributed by atoms with Crippen molar-refractivity contribution in [3.05, 3.63) is 68.9 Å². The maximum Gasteiger partial charge on any atom is 0.349 e. The van der Waals surface area contributed by atoms with Gasteiger partial charge in [-0.2, -0.15) is 5.10 Å². The van der Waals surface area contributed by atoms with Crippen LogP contribution in [0.25, 0.3) is 10.9 Å². The first-order valence-corrected chi connectivity index (χ1v) is 6.90. The molecule has 2 heterocycles. The van der Waals surface area contributed by atoms with Crippen molar-refractivity contribution in [2.45, 2.75) is 0 Å². The minimum Gasteiger partial charge on any atom is -0.454 e. The van der Waals surface area contributed by atoms with Crippen LogP contribution in [0.2, 0.25) is 0 Å². The molecule has 3 aromatic rings. The monoisotopic (exact) mass is 309 g/mol. The highest BCUT2D eigenvalue weighted by Crippen LogP contribution is 2.31. The van der Waals surface area contributed by atoms with E-state index in [1.807, 2.05) is 0 Å². The number of H-pyrrole nitrogens is 1. The Bertz CT molecular complexity index is 1050. The van der Waals surface area contributed by atoms with Crippen LogP contribution in [0, 0.1) is 0 Å². The van der Waals surface area contributed by atoms with E-state index in [1.54, 1.807) is 42.5 Å². The summed E-state index contributed by atoms with van der Waals surface area (Å²) >= 11 is 0. The molecule has 0 saturated heterocycles. The summed E-state index contributed by atoms with van der Waals surface area (Å²) in [7, 11) is 0. The van der Waals surface area contributed by atoms with Crippen molar-refractivity contribution < 1.29 is 9.47 Å². The first-order valence-electron chi connectivity index (χ1n) is 6.90. The SMILES string of the molecule is O=c1[nH]c2ccccc2c(=O)n1N=Cc1ccc2c(c1)OCO2. The zero-order valence-electron chi connectivity index (χ0n) is 11.9. The lowest BCUT2D eigenvalue weighted by atomic mass is 10.2. The smallest absolute Gasteiger partial charge is 0.349 e. The van der Waals surface area contributed by atoms with E-state index in [9.17, 15) is 9.59 Å². The summed E-state index contributed by atoms with van der Waals surface area (Å²) in [4.78, 5) is 27.0. The Labute approximate surface area is 129 Å². The van der Waals surface area contributed by atoms with Gasteiger partial charge in [0.05, 0.1) is 17.1 Å². The maximum absolute atomic E-state index is 12.3. The summed E-state index contributed by atoms with van der Waals surface area (Å²) in [5.41, 5.74) is 0.109. The number of ether oxygens (including phenoxy) is 2. The van der Waals surface area contributed by atoms with Gasteiger partial charge in [0.1, 0.15) is 0 Å².